The maximum atomic E-state index is 14.1. The summed E-state index contributed by atoms with van der Waals surface area (Å²) in [4.78, 5) is 6.70. The van der Waals surface area contributed by atoms with E-state index in [0.29, 0.717) is 23.9 Å². The zero-order valence-electron chi connectivity index (χ0n) is 12.5. The molecule has 116 valence electrons. The summed E-state index contributed by atoms with van der Waals surface area (Å²) >= 11 is 0. The largest absolute Gasteiger partial charge is 0.367 e. The summed E-state index contributed by atoms with van der Waals surface area (Å²) in [5.74, 6) is 0.849. The molecular weight excluding hydrogens is 285 g/mol. The van der Waals surface area contributed by atoms with E-state index in [1.54, 1.807) is 12.1 Å². The van der Waals surface area contributed by atoms with Crippen LogP contribution in [0.15, 0.2) is 28.8 Å². The molecule has 2 aromatic rings. The minimum absolute atomic E-state index is 0.173. The van der Waals surface area contributed by atoms with Crippen molar-refractivity contribution in [3.05, 3.63) is 47.4 Å². The van der Waals surface area contributed by atoms with Gasteiger partial charge in [-0.1, -0.05) is 23.4 Å². The molecule has 1 aromatic heterocycles. The number of likely N-dealkylation sites (N-methyl/N-ethyl adjacent to an activating group) is 1. The molecule has 22 heavy (non-hydrogen) atoms. The lowest BCUT2D eigenvalue weighted by Crippen LogP contribution is -2.35. The number of rotatable bonds is 3. The standard InChI is InChI=1S/C16H18FN3O2/c1-20-8-9-21-13(10-20)14-18-15(22-19-14)16(6-7-16)11-4-2-3-5-12(11)17/h2-5,13H,6-10H2,1H3/t13-/m1/s1. The molecule has 1 aromatic carbocycles. The number of ether oxygens (including phenoxy) is 1. The minimum Gasteiger partial charge on any atom is -0.367 e. The quantitative estimate of drug-likeness (QED) is 0.871. The van der Waals surface area contributed by atoms with Gasteiger partial charge in [0.1, 0.15) is 11.9 Å². The van der Waals surface area contributed by atoms with E-state index < -0.39 is 5.41 Å². The fourth-order valence-electron chi connectivity index (χ4n) is 3.07. The van der Waals surface area contributed by atoms with Crippen molar-refractivity contribution in [2.24, 2.45) is 0 Å². The molecule has 1 aliphatic heterocycles. The molecule has 0 N–H and O–H groups in total. The van der Waals surface area contributed by atoms with Gasteiger partial charge in [0.15, 0.2) is 0 Å². The summed E-state index contributed by atoms with van der Waals surface area (Å²) in [6.45, 7) is 2.30. The fraction of sp³-hybridized carbons (Fsp3) is 0.500. The maximum absolute atomic E-state index is 14.1. The molecule has 4 rings (SSSR count). The van der Waals surface area contributed by atoms with E-state index in [2.05, 4.69) is 15.0 Å². The van der Waals surface area contributed by atoms with Crippen molar-refractivity contribution in [1.29, 1.82) is 0 Å². The lowest BCUT2D eigenvalue weighted by molar-refractivity contribution is -0.0264. The number of benzene rings is 1. The van der Waals surface area contributed by atoms with E-state index in [-0.39, 0.29) is 11.9 Å². The smallest absolute Gasteiger partial charge is 0.237 e. The van der Waals surface area contributed by atoms with Gasteiger partial charge in [-0.25, -0.2) is 4.39 Å². The first-order chi connectivity index (χ1) is 10.7. The first-order valence-electron chi connectivity index (χ1n) is 7.58. The van der Waals surface area contributed by atoms with Crippen molar-refractivity contribution in [3.63, 3.8) is 0 Å². The summed E-state index contributed by atoms with van der Waals surface area (Å²) in [7, 11) is 2.04. The van der Waals surface area contributed by atoms with Gasteiger partial charge in [-0.05, 0) is 26.0 Å². The third-order valence-corrected chi connectivity index (χ3v) is 4.55. The molecule has 1 saturated carbocycles. The summed E-state index contributed by atoms with van der Waals surface area (Å²) in [6, 6.07) is 6.82. The maximum Gasteiger partial charge on any atom is 0.237 e. The second-order valence-corrected chi connectivity index (χ2v) is 6.14. The topological polar surface area (TPSA) is 51.4 Å². The molecule has 2 heterocycles. The SMILES string of the molecule is CN1CCO[C@@H](c2noc(C3(c4ccccc4F)CC3)n2)C1. The summed E-state index contributed by atoms with van der Waals surface area (Å²) < 4.78 is 25.3. The molecule has 5 nitrogen and oxygen atoms in total. The number of aromatic nitrogens is 2. The highest BCUT2D eigenvalue weighted by atomic mass is 19.1. The Balaban J connectivity index is 1.63. The van der Waals surface area contributed by atoms with Gasteiger partial charge in [-0.2, -0.15) is 4.98 Å². The van der Waals surface area contributed by atoms with Crippen molar-refractivity contribution in [1.82, 2.24) is 15.0 Å². The molecule has 2 fully saturated rings. The van der Waals surface area contributed by atoms with Crippen molar-refractivity contribution in [2.75, 3.05) is 26.7 Å². The lowest BCUT2D eigenvalue weighted by Gasteiger charge is -2.27. The lowest BCUT2D eigenvalue weighted by atomic mass is 9.95. The monoisotopic (exact) mass is 303 g/mol. The highest BCUT2D eigenvalue weighted by Crippen LogP contribution is 2.53. The molecule has 0 bridgehead atoms. The Morgan fingerprint density at radius 3 is 2.86 bits per heavy atom. The van der Waals surface area contributed by atoms with Crippen LogP contribution in [-0.2, 0) is 10.2 Å². The first kappa shape index (κ1) is 13.8. The van der Waals surface area contributed by atoms with Crippen molar-refractivity contribution in [3.8, 4) is 0 Å². The Kier molecular flexibility index (Phi) is 3.23. The molecule has 2 aliphatic rings. The van der Waals surface area contributed by atoms with Gasteiger partial charge in [0.05, 0.1) is 12.0 Å². The average Bonchev–Trinajstić information content (AvgIpc) is 3.17. The molecule has 6 heteroatoms. The zero-order valence-corrected chi connectivity index (χ0v) is 12.5. The first-order valence-corrected chi connectivity index (χ1v) is 7.58. The molecule has 1 saturated heterocycles. The summed E-state index contributed by atoms with van der Waals surface area (Å²) in [6.07, 6.45) is 1.50. The van der Waals surface area contributed by atoms with E-state index in [9.17, 15) is 4.39 Å². The highest BCUT2D eigenvalue weighted by Gasteiger charge is 2.52. The molecule has 1 atom stereocenters. The Hall–Kier alpha value is -1.79. The van der Waals surface area contributed by atoms with Crippen LogP contribution in [0.5, 0.6) is 0 Å². The second kappa shape index (κ2) is 5.14. The number of hydrogen-bond donors (Lipinski definition) is 0. The van der Waals surface area contributed by atoms with Crippen LogP contribution in [0.4, 0.5) is 4.39 Å². The van der Waals surface area contributed by atoms with Crippen LogP contribution < -0.4 is 0 Å². The number of morpholine rings is 1. The van der Waals surface area contributed by atoms with E-state index >= 15 is 0 Å². The Morgan fingerprint density at radius 1 is 1.32 bits per heavy atom. The predicted molar refractivity (Wildman–Crippen MR) is 76.9 cm³/mol. The van der Waals surface area contributed by atoms with Gasteiger partial charge in [-0.15, -0.1) is 0 Å². The van der Waals surface area contributed by atoms with E-state index in [1.165, 1.54) is 6.07 Å². The van der Waals surface area contributed by atoms with Crippen LogP contribution in [0.3, 0.4) is 0 Å². The molecule has 0 spiro atoms. The van der Waals surface area contributed by atoms with Gasteiger partial charge in [0.2, 0.25) is 11.7 Å². The molecule has 0 unspecified atom stereocenters. The van der Waals surface area contributed by atoms with Gasteiger partial charge < -0.3 is 14.2 Å². The number of hydrogen-bond acceptors (Lipinski definition) is 5. The Labute approximate surface area is 128 Å². The third-order valence-electron chi connectivity index (χ3n) is 4.55. The van der Waals surface area contributed by atoms with Crippen LogP contribution in [0.2, 0.25) is 0 Å². The molecule has 0 radical (unpaired) electrons. The van der Waals surface area contributed by atoms with Crippen LogP contribution in [0.1, 0.15) is 36.2 Å². The average molecular weight is 303 g/mol. The van der Waals surface area contributed by atoms with Crippen LogP contribution >= 0.6 is 0 Å². The van der Waals surface area contributed by atoms with Crippen LogP contribution in [0, 0.1) is 5.82 Å². The van der Waals surface area contributed by atoms with Gasteiger partial charge in [-0.3, -0.25) is 0 Å². The van der Waals surface area contributed by atoms with Crippen LogP contribution in [-0.4, -0.2) is 41.8 Å². The number of nitrogens with zero attached hydrogens (tertiary/aromatic N) is 3. The minimum atomic E-state index is -0.447. The third kappa shape index (κ3) is 2.23. The Morgan fingerprint density at radius 2 is 2.14 bits per heavy atom. The summed E-state index contributed by atoms with van der Waals surface area (Å²) in [5.41, 5.74) is 0.198. The fourth-order valence-corrected chi connectivity index (χ4v) is 3.07. The molecular formula is C16H18FN3O2. The van der Waals surface area contributed by atoms with Gasteiger partial charge >= 0.3 is 0 Å². The second-order valence-electron chi connectivity index (χ2n) is 6.14. The van der Waals surface area contributed by atoms with E-state index in [1.807, 2.05) is 13.1 Å². The zero-order chi connectivity index (χ0) is 15.2. The normalized spacial score (nSPS) is 24.4. The Bertz CT molecular complexity index is 684. The number of halogens is 1. The summed E-state index contributed by atoms with van der Waals surface area (Å²) in [5, 5.41) is 4.08. The molecule has 1 aliphatic carbocycles. The highest BCUT2D eigenvalue weighted by molar-refractivity contribution is 5.39. The van der Waals surface area contributed by atoms with E-state index in [4.69, 9.17) is 9.26 Å². The van der Waals surface area contributed by atoms with E-state index in [0.717, 1.165) is 25.9 Å². The predicted octanol–water partition coefficient (Wildman–Crippen LogP) is 2.29. The van der Waals surface area contributed by atoms with Crippen LogP contribution in [0.25, 0.3) is 0 Å². The van der Waals surface area contributed by atoms with Crippen molar-refractivity contribution >= 4 is 0 Å². The van der Waals surface area contributed by atoms with Gasteiger partial charge in [0.25, 0.3) is 0 Å². The van der Waals surface area contributed by atoms with Crippen molar-refractivity contribution < 1.29 is 13.7 Å². The molecule has 0 amide bonds. The van der Waals surface area contributed by atoms with Gasteiger partial charge in [0, 0.05) is 18.7 Å². The van der Waals surface area contributed by atoms with Crippen molar-refractivity contribution in [2.45, 2.75) is 24.4 Å².